The third-order valence-electron chi connectivity index (χ3n) is 2.43. The van der Waals surface area contributed by atoms with E-state index in [1.54, 1.807) is 0 Å². The standard InChI is InChI=1S/C11H16N2O5S/c1-13(2)19(17,18)6-5-12-11(16)9-4-3-8(14)7-10(9)15/h3-4,7,14-15H,5-6H2,1-2H3,(H,12,16). The summed E-state index contributed by atoms with van der Waals surface area (Å²) in [4.78, 5) is 11.7. The molecule has 0 spiro atoms. The minimum absolute atomic E-state index is 0.0277. The molecular formula is C11H16N2O5S. The summed E-state index contributed by atoms with van der Waals surface area (Å²) in [5, 5.41) is 20.9. The number of nitrogens with one attached hydrogen (secondary N) is 1. The Morgan fingerprint density at radius 2 is 1.95 bits per heavy atom. The molecule has 0 aromatic heterocycles. The molecule has 0 fully saturated rings. The third kappa shape index (κ3) is 4.11. The number of phenolic OH excluding ortho intramolecular Hbond substituents is 2. The van der Waals surface area contributed by atoms with Gasteiger partial charge < -0.3 is 15.5 Å². The van der Waals surface area contributed by atoms with Crippen molar-refractivity contribution in [3.8, 4) is 11.5 Å². The number of carbonyl (C=O) groups excluding carboxylic acids is 1. The molecule has 0 saturated heterocycles. The van der Waals surface area contributed by atoms with E-state index in [4.69, 9.17) is 5.11 Å². The van der Waals surface area contributed by atoms with Crippen LogP contribution in [0.15, 0.2) is 18.2 Å². The highest BCUT2D eigenvalue weighted by molar-refractivity contribution is 7.89. The summed E-state index contributed by atoms with van der Waals surface area (Å²) in [6.45, 7) is -0.0698. The van der Waals surface area contributed by atoms with E-state index in [2.05, 4.69) is 5.32 Å². The lowest BCUT2D eigenvalue weighted by atomic mass is 10.2. The van der Waals surface area contributed by atoms with E-state index in [1.807, 2.05) is 0 Å². The Morgan fingerprint density at radius 3 is 2.47 bits per heavy atom. The van der Waals surface area contributed by atoms with Gasteiger partial charge in [0.2, 0.25) is 10.0 Å². The fourth-order valence-electron chi connectivity index (χ4n) is 1.28. The van der Waals surface area contributed by atoms with E-state index < -0.39 is 15.9 Å². The van der Waals surface area contributed by atoms with E-state index in [0.29, 0.717) is 0 Å². The Balaban J connectivity index is 2.62. The highest BCUT2D eigenvalue weighted by Crippen LogP contribution is 2.22. The van der Waals surface area contributed by atoms with E-state index in [0.717, 1.165) is 10.4 Å². The van der Waals surface area contributed by atoms with Crippen molar-refractivity contribution in [3.05, 3.63) is 23.8 Å². The van der Waals surface area contributed by atoms with Crippen molar-refractivity contribution in [1.29, 1.82) is 0 Å². The van der Waals surface area contributed by atoms with Gasteiger partial charge in [0.05, 0.1) is 11.3 Å². The molecule has 0 heterocycles. The molecule has 0 bridgehead atoms. The Morgan fingerprint density at radius 1 is 1.32 bits per heavy atom. The van der Waals surface area contributed by atoms with Crippen LogP contribution in [0.4, 0.5) is 0 Å². The average molecular weight is 288 g/mol. The summed E-state index contributed by atoms with van der Waals surface area (Å²) in [6, 6.07) is 3.54. The number of amides is 1. The van der Waals surface area contributed by atoms with Crippen molar-refractivity contribution in [1.82, 2.24) is 9.62 Å². The zero-order valence-electron chi connectivity index (χ0n) is 10.6. The number of rotatable bonds is 5. The number of carbonyl (C=O) groups is 1. The molecule has 0 atom stereocenters. The molecule has 7 nitrogen and oxygen atoms in total. The molecule has 0 saturated carbocycles. The van der Waals surface area contributed by atoms with Gasteiger partial charge in [-0.3, -0.25) is 4.79 Å². The first-order valence-electron chi connectivity index (χ1n) is 5.44. The van der Waals surface area contributed by atoms with Crippen molar-refractivity contribution in [3.63, 3.8) is 0 Å². The van der Waals surface area contributed by atoms with Crippen LogP contribution < -0.4 is 5.32 Å². The molecule has 3 N–H and O–H groups in total. The molecule has 0 aliphatic rings. The van der Waals surface area contributed by atoms with Crippen LogP contribution in [0.5, 0.6) is 11.5 Å². The fraction of sp³-hybridized carbons (Fsp3) is 0.364. The first-order valence-corrected chi connectivity index (χ1v) is 7.05. The van der Waals surface area contributed by atoms with Crippen molar-refractivity contribution in [2.75, 3.05) is 26.4 Å². The smallest absolute Gasteiger partial charge is 0.255 e. The number of benzene rings is 1. The molecule has 1 aromatic carbocycles. The number of nitrogens with zero attached hydrogens (tertiary/aromatic N) is 1. The molecule has 0 aliphatic carbocycles. The van der Waals surface area contributed by atoms with Gasteiger partial charge in [0.15, 0.2) is 0 Å². The van der Waals surface area contributed by atoms with Crippen LogP contribution in [0.25, 0.3) is 0 Å². The Labute approximate surface area is 111 Å². The van der Waals surface area contributed by atoms with Crippen LogP contribution in [0.1, 0.15) is 10.4 Å². The van der Waals surface area contributed by atoms with Gasteiger partial charge in [0.25, 0.3) is 5.91 Å². The van der Waals surface area contributed by atoms with Gasteiger partial charge in [-0.2, -0.15) is 0 Å². The van der Waals surface area contributed by atoms with Crippen molar-refractivity contribution in [2.45, 2.75) is 0 Å². The topological polar surface area (TPSA) is 107 Å². The fourth-order valence-corrected chi connectivity index (χ4v) is 2.01. The predicted octanol–water partition coefficient (Wildman–Crippen LogP) is -0.281. The van der Waals surface area contributed by atoms with Crippen LogP contribution in [-0.2, 0) is 10.0 Å². The molecular weight excluding hydrogens is 272 g/mol. The van der Waals surface area contributed by atoms with E-state index in [-0.39, 0.29) is 29.4 Å². The summed E-state index contributed by atoms with van der Waals surface area (Å²) in [7, 11) is -0.565. The van der Waals surface area contributed by atoms with Gasteiger partial charge >= 0.3 is 0 Å². The molecule has 106 valence electrons. The Kier molecular flexibility index (Phi) is 4.73. The SMILES string of the molecule is CN(C)S(=O)(=O)CCNC(=O)c1ccc(O)cc1O. The number of hydrogen-bond donors (Lipinski definition) is 3. The summed E-state index contributed by atoms with van der Waals surface area (Å²) in [5.74, 6) is -1.37. The first-order chi connectivity index (χ1) is 8.74. The average Bonchev–Trinajstić information content (AvgIpc) is 2.28. The maximum Gasteiger partial charge on any atom is 0.255 e. The maximum absolute atomic E-state index is 11.7. The lowest BCUT2D eigenvalue weighted by molar-refractivity contribution is 0.0953. The van der Waals surface area contributed by atoms with E-state index in [1.165, 1.54) is 26.2 Å². The molecule has 19 heavy (non-hydrogen) atoms. The Hall–Kier alpha value is -1.80. The zero-order valence-corrected chi connectivity index (χ0v) is 11.4. The minimum Gasteiger partial charge on any atom is -0.508 e. The number of hydrogen-bond acceptors (Lipinski definition) is 5. The summed E-state index contributed by atoms with van der Waals surface area (Å²) >= 11 is 0. The number of phenols is 2. The van der Waals surface area contributed by atoms with Gasteiger partial charge in [-0.15, -0.1) is 0 Å². The van der Waals surface area contributed by atoms with Gasteiger partial charge in [-0.25, -0.2) is 12.7 Å². The molecule has 1 aromatic rings. The second kappa shape index (κ2) is 5.89. The largest absolute Gasteiger partial charge is 0.508 e. The van der Waals surface area contributed by atoms with Gasteiger partial charge in [-0.1, -0.05) is 0 Å². The zero-order chi connectivity index (χ0) is 14.6. The number of aromatic hydroxyl groups is 2. The van der Waals surface area contributed by atoms with Crippen LogP contribution in [0.2, 0.25) is 0 Å². The van der Waals surface area contributed by atoms with Crippen LogP contribution in [-0.4, -0.2) is 55.2 Å². The molecule has 8 heteroatoms. The molecule has 0 radical (unpaired) electrons. The molecule has 0 unspecified atom stereocenters. The van der Waals surface area contributed by atoms with Crippen molar-refractivity contribution in [2.24, 2.45) is 0 Å². The first kappa shape index (κ1) is 15.3. The Bertz CT molecular complexity index is 568. The quantitative estimate of drug-likeness (QED) is 0.690. The van der Waals surface area contributed by atoms with E-state index in [9.17, 15) is 18.3 Å². The van der Waals surface area contributed by atoms with Crippen molar-refractivity contribution < 1.29 is 23.4 Å². The lowest BCUT2D eigenvalue weighted by Gasteiger charge is -2.12. The predicted molar refractivity (Wildman–Crippen MR) is 69.6 cm³/mol. The maximum atomic E-state index is 11.7. The summed E-state index contributed by atoms with van der Waals surface area (Å²) < 4.78 is 24.0. The second-order valence-electron chi connectivity index (χ2n) is 4.06. The second-order valence-corrected chi connectivity index (χ2v) is 6.36. The van der Waals surface area contributed by atoms with Crippen LogP contribution in [0, 0.1) is 0 Å². The lowest BCUT2D eigenvalue weighted by Crippen LogP contribution is -2.33. The van der Waals surface area contributed by atoms with Gasteiger partial charge in [0, 0.05) is 26.7 Å². The van der Waals surface area contributed by atoms with Crippen LogP contribution in [0.3, 0.4) is 0 Å². The monoisotopic (exact) mass is 288 g/mol. The van der Waals surface area contributed by atoms with Crippen molar-refractivity contribution >= 4 is 15.9 Å². The van der Waals surface area contributed by atoms with E-state index >= 15 is 0 Å². The highest BCUT2D eigenvalue weighted by Gasteiger charge is 2.15. The molecule has 1 rings (SSSR count). The van der Waals surface area contributed by atoms with Crippen LogP contribution >= 0.6 is 0 Å². The molecule has 1 amide bonds. The van der Waals surface area contributed by atoms with Gasteiger partial charge in [-0.05, 0) is 12.1 Å². The third-order valence-corrected chi connectivity index (χ3v) is 4.26. The highest BCUT2D eigenvalue weighted by atomic mass is 32.2. The number of sulfonamides is 1. The van der Waals surface area contributed by atoms with Gasteiger partial charge in [0.1, 0.15) is 11.5 Å². The summed E-state index contributed by atoms with van der Waals surface area (Å²) in [6.07, 6.45) is 0. The molecule has 0 aliphatic heterocycles. The normalized spacial score (nSPS) is 11.5. The summed E-state index contributed by atoms with van der Waals surface area (Å²) in [5.41, 5.74) is -0.0277. The minimum atomic E-state index is -3.38.